The van der Waals surface area contributed by atoms with Crippen LogP contribution in [0.25, 0.3) is 16.7 Å². The number of nitrogens with one attached hydrogen (secondary N) is 1. The van der Waals surface area contributed by atoms with Crippen LogP contribution >= 0.6 is 0 Å². The molecule has 3 nitrogen and oxygen atoms in total. The van der Waals surface area contributed by atoms with Crippen LogP contribution in [0.15, 0.2) is 24.7 Å². The van der Waals surface area contributed by atoms with Crippen LogP contribution in [0.5, 0.6) is 0 Å². The number of hydrogen-bond acceptors (Lipinski definition) is 1. The van der Waals surface area contributed by atoms with Crippen molar-refractivity contribution in [3.05, 3.63) is 36.1 Å². The average Bonchev–Trinajstić information content (AvgIpc) is 2.42. The second-order valence-corrected chi connectivity index (χ2v) is 3.21. The molecular weight excluding hydrogens is 207 g/mol. The highest BCUT2D eigenvalue weighted by Crippen LogP contribution is 2.27. The second-order valence-electron chi connectivity index (χ2n) is 3.21. The molecule has 0 spiro atoms. The van der Waals surface area contributed by atoms with Gasteiger partial charge in [0.1, 0.15) is 0 Å². The summed E-state index contributed by atoms with van der Waals surface area (Å²) in [5.41, 5.74) is 0.492. The van der Waals surface area contributed by atoms with E-state index in [1.54, 1.807) is 0 Å². The lowest BCUT2D eigenvalue weighted by Crippen LogP contribution is -2.10. The number of hydrogen-bond donors (Lipinski definition) is 0. The van der Waals surface area contributed by atoms with Crippen LogP contribution in [-0.2, 0) is 6.42 Å². The minimum Gasteiger partial charge on any atom is -0.631 e. The molecule has 2 aromatic rings. The summed E-state index contributed by atoms with van der Waals surface area (Å²) < 4.78 is 37.5. The van der Waals surface area contributed by atoms with E-state index in [1.807, 2.05) is 0 Å². The maximum Gasteiger partial charge on any atom is 0.393 e. The number of nitrogens with zero attached hydrogens (tertiary/aromatic N) is 2. The fraction of sp³-hybridized carbons (Fsp3) is 0.222. The number of alkyl halides is 3. The molecule has 15 heavy (non-hydrogen) atoms. The standard InChI is InChI=1S/C9H7F3N3/c10-9(11,12)3-6-5-15(13)8-4-14-2-1-7(6)8/h1-2,4-5,13H,3H2/q-1. The number of fused-ring (bicyclic) bond motifs is 1. The van der Waals surface area contributed by atoms with Gasteiger partial charge in [-0.05, 0) is 17.8 Å². The van der Waals surface area contributed by atoms with E-state index in [0.29, 0.717) is 10.9 Å². The molecule has 0 aliphatic heterocycles. The summed E-state index contributed by atoms with van der Waals surface area (Å²) in [4.78, 5) is 3.76. The second kappa shape index (κ2) is 3.15. The van der Waals surface area contributed by atoms with Gasteiger partial charge in [-0.25, -0.2) is 0 Å². The molecule has 0 atom stereocenters. The molecule has 0 amide bonds. The highest BCUT2D eigenvalue weighted by Gasteiger charge is 2.28. The Kier molecular flexibility index (Phi) is 2.06. The van der Waals surface area contributed by atoms with Gasteiger partial charge in [0, 0.05) is 17.8 Å². The lowest BCUT2D eigenvalue weighted by Gasteiger charge is -2.04. The van der Waals surface area contributed by atoms with Crippen LogP contribution in [0.2, 0.25) is 0 Å². The molecule has 2 rings (SSSR count). The molecule has 0 saturated heterocycles. The summed E-state index contributed by atoms with van der Waals surface area (Å²) in [5.74, 6) is 7.40. The quantitative estimate of drug-likeness (QED) is 0.719. The number of halogens is 3. The first-order chi connectivity index (χ1) is 6.97. The first-order valence-electron chi connectivity index (χ1n) is 4.20. The van der Waals surface area contributed by atoms with Crippen LogP contribution in [0.3, 0.4) is 0 Å². The molecule has 0 saturated carbocycles. The molecule has 6 heteroatoms. The van der Waals surface area contributed by atoms with Gasteiger partial charge in [0.2, 0.25) is 0 Å². The zero-order valence-corrected chi connectivity index (χ0v) is 7.54. The van der Waals surface area contributed by atoms with Crippen LogP contribution in [0, 0.1) is 0 Å². The molecule has 80 valence electrons. The first-order valence-corrected chi connectivity index (χ1v) is 4.20. The summed E-state index contributed by atoms with van der Waals surface area (Å²) in [6.07, 6.45) is -1.30. The van der Waals surface area contributed by atoms with Crippen molar-refractivity contribution in [2.75, 3.05) is 0 Å². The summed E-state index contributed by atoms with van der Waals surface area (Å²) in [6.45, 7) is 0. The highest BCUT2D eigenvalue weighted by molar-refractivity contribution is 5.83. The Balaban J connectivity index is 2.53. The van der Waals surface area contributed by atoms with Gasteiger partial charge in [0.05, 0.1) is 11.9 Å². The van der Waals surface area contributed by atoms with Crippen molar-refractivity contribution >= 4 is 10.9 Å². The molecule has 0 unspecified atom stereocenters. The maximum absolute atomic E-state index is 12.2. The van der Waals surface area contributed by atoms with E-state index in [4.69, 9.17) is 5.84 Å². The average molecular weight is 214 g/mol. The third-order valence-electron chi connectivity index (χ3n) is 2.08. The van der Waals surface area contributed by atoms with E-state index in [9.17, 15) is 13.2 Å². The van der Waals surface area contributed by atoms with E-state index >= 15 is 0 Å². The fourth-order valence-corrected chi connectivity index (χ4v) is 1.50. The van der Waals surface area contributed by atoms with Crippen molar-refractivity contribution in [2.45, 2.75) is 12.6 Å². The lowest BCUT2D eigenvalue weighted by atomic mass is 10.1. The predicted octanol–water partition coefficient (Wildman–Crippen LogP) is 2.96. The molecule has 0 aliphatic rings. The molecule has 1 N–H and O–H groups in total. The Hall–Kier alpha value is -1.72. The summed E-state index contributed by atoms with van der Waals surface area (Å²) >= 11 is 0. The van der Waals surface area contributed by atoms with Crippen LogP contribution < -0.4 is 0 Å². The summed E-state index contributed by atoms with van der Waals surface area (Å²) in [5, 5.41) is 0.428. The highest BCUT2D eigenvalue weighted by atomic mass is 19.4. The van der Waals surface area contributed by atoms with E-state index in [-0.39, 0.29) is 5.56 Å². The molecular formula is C9H7F3N3-. The first kappa shape index (κ1) is 9.82. The van der Waals surface area contributed by atoms with Crippen molar-refractivity contribution in [1.29, 1.82) is 0 Å². The molecule has 0 fully saturated rings. The number of pyridine rings is 1. The van der Waals surface area contributed by atoms with Crippen molar-refractivity contribution in [3.63, 3.8) is 0 Å². The van der Waals surface area contributed by atoms with E-state index < -0.39 is 12.6 Å². The lowest BCUT2D eigenvalue weighted by molar-refractivity contribution is -0.127. The zero-order chi connectivity index (χ0) is 11.1. The molecule has 0 aliphatic carbocycles. The van der Waals surface area contributed by atoms with Gasteiger partial charge in [0.15, 0.2) is 0 Å². The minimum absolute atomic E-state index is 0.106. The Morgan fingerprint density at radius 1 is 1.40 bits per heavy atom. The number of rotatable bonds is 1. The minimum atomic E-state index is -4.25. The topological polar surface area (TPSA) is 41.6 Å². The van der Waals surface area contributed by atoms with Gasteiger partial charge in [-0.3, -0.25) is 4.98 Å². The van der Waals surface area contributed by atoms with Crippen molar-refractivity contribution in [1.82, 2.24) is 9.66 Å². The smallest absolute Gasteiger partial charge is 0.393 e. The largest absolute Gasteiger partial charge is 0.631 e. The van der Waals surface area contributed by atoms with Gasteiger partial charge in [0.25, 0.3) is 0 Å². The van der Waals surface area contributed by atoms with Gasteiger partial charge in [-0.1, -0.05) is 0 Å². The van der Waals surface area contributed by atoms with Gasteiger partial charge in [-0.15, -0.1) is 0 Å². The molecule has 0 bridgehead atoms. The van der Waals surface area contributed by atoms with Crippen LogP contribution in [0.4, 0.5) is 13.2 Å². The Labute approximate surface area is 83.3 Å². The molecule has 0 aromatic carbocycles. The zero-order valence-electron chi connectivity index (χ0n) is 7.54. The van der Waals surface area contributed by atoms with Gasteiger partial charge < -0.3 is 10.5 Å². The van der Waals surface area contributed by atoms with Gasteiger partial charge in [-0.2, -0.15) is 13.2 Å². The van der Waals surface area contributed by atoms with Crippen molar-refractivity contribution in [2.24, 2.45) is 0 Å². The van der Waals surface area contributed by atoms with Crippen molar-refractivity contribution in [3.8, 4) is 0 Å². The monoisotopic (exact) mass is 214 g/mol. The summed E-state index contributed by atoms with van der Waals surface area (Å²) in [6, 6.07) is 1.49. The normalized spacial score (nSPS) is 12.2. The third-order valence-corrected chi connectivity index (χ3v) is 2.08. The summed E-state index contributed by atoms with van der Waals surface area (Å²) in [7, 11) is 0. The molecule has 2 heterocycles. The third kappa shape index (κ3) is 1.88. The molecule has 2 aromatic heterocycles. The van der Waals surface area contributed by atoms with E-state index in [1.165, 1.54) is 24.7 Å². The van der Waals surface area contributed by atoms with E-state index in [0.717, 1.165) is 4.68 Å². The Morgan fingerprint density at radius 3 is 2.80 bits per heavy atom. The van der Waals surface area contributed by atoms with E-state index in [2.05, 4.69) is 4.98 Å². The SMILES string of the molecule is [NH-]n1cc(CC(F)(F)F)c2ccncc21. The maximum atomic E-state index is 12.2. The van der Waals surface area contributed by atoms with Crippen LogP contribution in [0.1, 0.15) is 5.56 Å². The Morgan fingerprint density at radius 2 is 2.13 bits per heavy atom. The Bertz CT molecular complexity index is 487. The van der Waals surface area contributed by atoms with Crippen LogP contribution in [-0.4, -0.2) is 15.8 Å². The van der Waals surface area contributed by atoms with Gasteiger partial charge >= 0.3 is 6.18 Å². The number of aromatic nitrogens is 2. The van der Waals surface area contributed by atoms with Crippen molar-refractivity contribution < 1.29 is 13.2 Å². The predicted molar refractivity (Wildman–Crippen MR) is 49.2 cm³/mol. The fourth-order valence-electron chi connectivity index (χ4n) is 1.50. The molecule has 0 radical (unpaired) electrons.